The number of hydrogen-bond acceptors (Lipinski definition) is 3. The molecule has 0 saturated heterocycles. The van der Waals surface area contributed by atoms with Crippen molar-refractivity contribution >= 4 is 28.5 Å². The maximum absolute atomic E-state index is 13.2. The molecule has 0 radical (unpaired) electrons. The van der Waals surface area contributed by atoms with Gasteiger partial charge in [0.05, 0.1) is 29.8 Å². The second kappa shape index (κ2) is 8.14. The third-order valence-corrected chi connectivity index (χ3v) is 4.35. The van der Waals surface area contributed by atoms with Gasteiger partial charge in [-0.15, -0.1) is 0 Å². The van der Waals surface area contributed by atoms with E-state index < -0.39 is 17.7 Å². The average molecular weight is 412 g/mol. The van der Waals surface area contributed by atoms with Crippen LogP contribution >= 0.6 is 11.6 Å². The molecule has 4 nitrogen and oxygen atoms in total. The number of hydrogen-bond donors (Lipinski definition) is 0. The van der Waals surface area contributed by atoms with Crippen LogP contribution in [0.4, 0.5) is 13.2 Å². The number of halogens is 4. The lowest BCUT2D eigenvalue weighted by molar-refractivity contribution is -0.137. The Hall–Kier alpha value is -2.67. The maximum atomic E-state index is 13.2. The van der Waals surface area contributed by atoms with Gasteiger partial charge in [0.2, 0.25) is 0 Å². The average Bonchev–Trinajstić information content (AvgIpc) is 3.05. The van der Waals surface area contributed by atoms with Crippen molar-refractivity contribution in [3.05, 3.63) is 64.8 Å². The van der Waals surface area contributed by atoms with Crippen molar-refractivity contribution in [2.45, 2.75) is 19.6 Å². The molecule has 28 heavy (non-hydrogen) atoms. The van der Waals surface area contributed by atoms with Crippen LogP contribution in [0.15, 0.2) is 48.7 Å². The van der Waals surface area contributed by atoms with Gasteiger partial charge >= 0.3 is 12.1 Å². The number of carbonyl (C=O) groups excluding carboxylic acids is 1. The van der Waals surface area contributed by atoms with Crippen LogP contribution in [0, 0.1) is 0 Å². The standard InChI is InChI=1S/C20H17ClF3NO3/c1-2-27-19(26)17-12-14(20(22,23)24)11-13-7-8-25(18(13)17)9-10-28-16-5-3-15(21)4-6-16/h3-8,11-12H,2,9-10H2,1H3. The highest BCUT2D eigenvalue weighted by Crippen LogP contribution is 2.34. The van der Waals surface area contributed by atoms with Gasteiger partial charge in [0.15, 0.2) is 0 Å². The molecule has 0 saturated carbocycles. The predicted octanol–water partition coefficient (Wildman–Crippen LogP) is 5.57. The summed E-state index contributed by atoms with van der Waals surface area (Å²) in [4.78, 5) is 12.3. The Morgan fingerprint density at radius 2 is 1.86 bits per heavy atom. The molecule has 0 atom stereocenters. The molecule has 1 aromatic heterocycles. The number of esters is 1. The molecule has 0 amide bonds. The molecule has 3 aromatic rings. The number of benzene rings is 2. The first kappa shape index (κ1) is 20.1. The largest absolute Gasteiger partial charge is 0.492 e. The fourth-order valence-corrected chi connectivity index (χ4v) is 2.98. The molecule has 0 aliphatic carbocycles. The zero-order chi connectivity index (χ0) is 20.3. The Kier molecular flexibility index (Phi) is 5.84. The lowest BCUT2D eigenvalue weighted by atomic mass is 10.1. The predicted molar refractivity (Wildman–Crippen MR) is 99.8 cm³/mol. The summed E-state index contributed by atoms with van der Waals surface area (Å²) in [6.45, 7) is 2.26. The van der Waals surface area contributed by atoms with Gasteiger partial charge < -0.3 is 14.0 Å². The van der Waals surface area contributed by atoms with Gasteiger partial charge in [-0.05, 0) is 49.4 Å². The van der Waals surface area contributed by atoms with E-state index in [9.17, 15) is 18.0 Å². The minimum Gasteiger partial charge on any atom is -0.492 e. The number of aromatic nitrogens is 1. The van der Waals surface area contributed by atoms with E-state index in [1.54, 1.807) is 42.0 Å². The summed E-state index contributed by atoms with van der Waals surface area (Å²) in [6, 6.07) is 10.2. The van der Waals surface area contributed by atoms with Gasteiger partial charge in [-0.3, -0.25) is 0 Å². The second-order valence-electron chi connectivity index (χ2n) is 5.99. The monoisotopic (exact) mass is 411 g/mol. The smallest absolute Gasteiger partial charge is 0.416 e. The van der Waals surface area contributed by atoms with Crippen molar-refractivity contribution in [2.75, 3.05) is 13.2 Å². The normalized spacial score (nSPS) is 11.6. The summed E-state index contributed by atoms with van der Waals surface area (Å²) >= 11 is 5.83. The third kappa shape index (κ3) is 4.42. The van der Waals surface area contributed by atoms with Gasteiger partial charge in [0.25, 0.3) is 0 Å². The zero-order valence-corrected chi connectivity index (χ0v) is 15.7. The van der Waals surface area contributed by atoms with E-state index in [2.05, 4.69) is 0 Å². The van der Waals surface area contributed by atoms with Gasteiger partial charge in [-0.2, -0.15) is 13.2 Å². The van der Waals surface area contributed by atoms with E-state index in [4.69, 9.17) is 21.1 Å². The molecule has 0 fully saturated rings. The van der Waals surface area contributed by atoms with E-state index in [1.165, 1.54) is 6.07 Å². The SMILES string of the molecule is CCOC(=O)c1cc(C(F)(F)F)cc2ccn(CCOc3ccc(Cl)cc3)c12. The summed E-state index contributed by atoms with van der Waals surface area (Å²) in [6.07, 6.45) is -2.94. The van der Waals surface area contributed by atoms with Crippen LogP contribution in [0.1, 0.15) is 22.8 Å². The van der Waals surface area contributed by atoms with Crippen molar-refractivity contribution in [1.29, 1.82) is 0 Å². The van der Waals surface area contributed by atoms with Crippen LogP contribution in [0.3, 0.4) is 0 Å². The van der Waals surface area contributed by atoms with E-state index in [-0.39, 0.29) is 18.8 Å². The van der Waals surface area contributed by atoms with E-state index in [1.807, 2.05) is 0 Å². The van der Waals surface area contributed by atoms with Crippen molar-refractivity contribution in [1.82, 2.24) is 4.57 Å². The van der Waals surface area contributed by atoms with Crippen molar-refractivity contribution in [2.24, 2.45) is 0 Å². The summed E-state index contributed by atoms with van der Waals surface area (Å²) < 4.78 is 51.8. The molecule has 148 valence electrons. The van der Waals surface area contributed by atoms with Gasteiger partial charge in [-0.25, -0.2) is 4.79 Å². The quantitative estimate of drug-likeness (QED) is 0.498. The molecule has 0 aliphatic rings. The van der Waals surface area contributed by atoms with Crippen LogP contribution in [0.2, 0.25) is 5.02 Å². The summed E-state index contributed by atoms with van der Waals surface area (Å²) in [5.41, 5.74) is -0.632. The first-order valence-electron chi connectivity index (χ1n) is 8.55. The minimum atomic E-state index is -4.56. The van der Waals surface area contributed by atoms with Crippen LogP contribution in [0.25, 0.3) is 10.9 Å². The van der Waals surface area contributed by atoms with Crippen molar-refractivity contribution < 1.29 is 27.4 Å². The highest BCUT2D eigenvalue weighted by Gasteiger charge is 2.33. The maximum Gasteiger partial charge on any atom is 0.416 e. The molecule has 0 spiro atoms. The van der Waals surface area contributed by atoms with Crippen LogP contribution in [-0.2, 0) is 17.5 Å². The molecule has 1 heterocycles. The molecule has 3 rings (SSSR count). The molecular formula is C20H17ClF3NO3. The van der Waals surface area contributed by atoms with E-state index in [0.717, 1.165) is 12.1 Å². The number of rotatable bonds is 6. The Labute approximate surface area is 164 Å². The number of carbonyl (C=O) groups is 1. The Bertz CT molecular complexity index is 981. The number of ether oxygens (including phenoxy) is 2. The van der Waals surface area contributed by atoms with Crippen molar-refractivity contribution in [3.63, 3.8) is 0 Å². The fourth-order valence-electron chi connectivity index (χ4n) is 2.86. The van der Waals surface area contributed by atoms with E-state index in [0.29, 0.717) is 28.2 Å². The molecule has 0 unspecified atom stereocenters. The van der Waals surface area contributed by atoms with E-state index >= 15 is 0 Å². The Balaban J connectivity index is 1.90. The minimum absolute atomic E-state index is 0.0664. The number of nitrogens with zero attached hydrogens (tertiary/aromatic N) is 1. The summed E-state index contributed by atoms with van der Waals surface area (Å²) in [5, 5.41) is 0.896. The molecule has 0 bridgehead atoms. The van der Waals surface area contributed by atoms with Crippen LogP contribution in [-0.4, -0.2) is 23.8 Å². The highest BCUT2D eigenvalue weighted by atomic mass is 35.5. The number of alkyl halides is 3. The summed E-state index contributed by atoms with van der Waals surface area (Å²) in [5.74, 6) is -0.178. The van der Waals surface area contributed by atoms with Gasteiger partial charge in [-0.1, -0.05) is 11.6 Å². The number of fused-ring (bicyclic) bond motifs is 1. The second-order valence-corrected chi connectivity index (χ2v) is 6.43. The Morgan fingerprint density at radius 3 is 2.50 bits per heavy atom. The van der Waals surface area contributed by atoms with Crippen LogP contribution < -0.4 is 4.74 Å². The topological polar surface area (TPSA) is 40.5 Å². The molecule has 0 N–H and O–H groups in total. The van der Waals surface area contributed by atoms with Crippen molar-refractivity contribution in [3.8, 4) is 5.75 Å². The third-order valence-electron chi connectivity index (χ3n) is 4.10. The fraction of sp³-hybridized carbons (Fsp3) is 0.250. The molecular weight excluding hydrogens is 395 g/mol. The van der Waals surface area contributed by atoms with Gasteiger partial charge in [0.1, 0.15) is 12.4 Å². The first-order chi connectivity index (χ1) is 13.3. The zero-order valence-electron chi connectivity index (χ0n) is 14.9. The molecule has 8 heteroatoms. The molecule has 0 aliphatic heterocycles. The highest BCUT2D eigenvalue weighted by molar-refractivity contribution is 6.30. The van der Waals surface area contributed by atoms with Gasteiger partial charge in [0, 0.05) is 16.6 Å². The van der Waals surface area contributed by atoms with Crippen LogP contribution in [0.5, 0.6) is 5.75 Å². The lowest BCUT2D eigenvalue weighted by Crippen LogP contribution is -2.13. The molecule has 2 aromatic carbocycles. The summed E-state index contributed by atoms with van der Waals surface area (Å²) in [7, 11) is 0. The first-order valence-corrected chi connectivity index (χ1v) is 8.93. The Morgan fingerprint density at radius 1 is 1.14 bits per heavy atom. The lowest BCUT2D eigenvalue weighted by Gasteiger charge is -2.13.